The average Bonchev–Trinajstić information content (AvgIpc) is 2.27. The molecule has 1 atom stereocenters. The maximum Gasteiger partial charge on any atom is 0.408 e. The Hall–Kier alpha value is -2.05. The molecule has 1 aromatic carbocycles. The van der Waals surface area contributed by atoms with E-state index in [-0.39, 0.29) is 6.42 Å². The fourth-order valence-electron chi connectivity index (χ4n) is 1.44. The molecule has 0 aliphatic carbocycles. The second kappa shape index (κ2) is 6.21. The highest BCUT2D eigenvalue weighted by Gasteiger charge is 2.40. The fraction of sp³-hybridized carbons (Fsp3) is 0.333. The molecule has 0 aliphatic rings. The summed E-state index contributed by atoms with van der Waals surface area (Å²) < 4.78 is 37.4. The minimum absolute atomic E-state index is 0.250. The Morgan fingerprint density at radius 1 is 1.21 bits per heavy atom. The summed E-state index contributed by atoms with van der Waals surface area (Å²) in [7, 11) is 0. The number of rotatable bonds is 5. The van der Waals surface area contributed by atoms with E-state index in [1.807, 2.05) is 0 Å². The van der Waals surface area contributed by atoms with Gasteiger partial charge in [0.05, 0.1) is 6.42 Å². The number of amides is 1. The first-order chi connectivity index (χ1) is 8.79. The molecule has 0 heterocycles. The summed E-state index contributed by atoms with van der Waals surface area (Å²) in [5, 5.41) is 11.9. The van der Waals surface area contributed by atoms with E-state index in [9.17, 15) is 27.9 Å². The van der Waals surface area contributed by atoms with Crippen LogP contribution in [0.1, 0.15) is 12.0 Å². The van der Waals surface area contributed by atoms with E-state index in [1.165, 1.54) is 0 Å². The van der Waals surface area contributed by atoms with Crippen molar-refractivity contribution in [2.45, 2.75) is 25.1 Å². The lowest BCUT2D eigenvalue weighted by atomic mass is 10.1. The van der Waals surface area contributed by atoms with E-state index >= 15 is 0 Å². The lowest BCUT2D eigenvalue weighted by Crippen LogP contribution is -2.49. The maximum absolute atomic E-state index is 12.5. The van der Waals surface area contributed by atoms with Gasteiger partial charge in [0, 0.05) is 12.4 Å². The Labute approximate surface area is 107 Å². The van der Waals surface area contributed by atoms with Crippen LogP contribution in [0, 0.1) is 0 Å². The number of benzene rings is 1. The maximum atomic E-state index is 12.5. The number of aliphatic carboxylic acids is 1. The Bertz CT molecular complexity index is 445. The molecule has 0 aromatic heterocycles. The summed E-state index contributed by atoms with van der Waals surface area (Å²) >= 11 is 0. The van der Waals surface area contributed by atoms with Crippen LogP contribution in [-0.2, 0) is 16.0 Å². The molecule has 0 fully saturated rings. The van der Waals surface area contributed by atoms with Crippen molar-refractivity contribution < 1.29 is 27.9 Å². The first-order valence-corrected chi connectivity index (χ1v) is 5.39. The van der Waals surface area contributed by atoms with Crippen molar-refractivity contribution in [2.75, 3.05) is 0 Å². The van der Waals surface area contributed by atoms with Crippen molar-refractivity contribution in [3.63, 3.8) is 0 Å². The van der Waals surface area contributed by atoms with Gasteiger partial charge in [0.2, 0.25) is 5.91 Å². The van der Waals surface area contributed by atoms with Crippen LogP contribution < -0.4 is 10.4 Å². The van der Waals surface area contributed by atoms with Crippen LogP contribution in [0.2, 0.25) is 0 Å². The van der Waals surface area contributed by atoms with Gasteiger partial charge in [-0.05, 0) is 5.56 Å². The minimum Gasteiger partial charge on any atom is -0.550 e. The Morgan fingerprint density at radius 2 is 1.79 bits per heavy atom. The molecule has 0 bridgehead atoms. The monoisotopic (exact) mass is 274 g/mol. The minimum atomic E-state index is -4.83. The van der Waals surface area contributed by atoms with E-state index < -0.39 is 30.5 Å². The molecule has 0 saturated carbocycles. The Morgan fingerprint density at radius 3 is 2.26 bits per heavy atom. The van der Waals surface area contributed by atoms with Crippen molar-refractivity contribution in [3.8, 4) is 0 Å². The number of carbonyl (C=O) groups is 2. The number of alkyl halides is 3. The third kappa shape index (κ3) is 5.41. The number of carboxylic acid groups (broad SMARTS) is 1. The second-order valence-corrected chi connectivity index (χ2v) is 3.90. The molecule has 4 nitrogen and oxygen atoms in total. The summed E-state index contributed by atoms with van der Waals surface area (Å²) in [6.45, 7) is 0. The smallest absolute Gasteiger partial charge is 0.408 e. The van der Waals surface area contributed by atoms with E-state index in [0.717, 1.165) is 0 Å². The number of halogens is 3. The lowest BCUT2D eigenvalue weighted by molar-refractivity contribution is -0.308. The molecule has 0 aliphatic heterocycles. The van der Waals surface area contributed by atoms with Crippen LogP contribution in [0.25, 0.3) is 0 Å². The van der Waals surface area contributed by atoms with Gasteiger partial charge in [-0.25, -0.2) is 0 Å². The molecule has 0 radical (unpaired) electrons. The van der Waals surface area contributed by atoms with Gasteiger partial charge in [0.1, 0.15) is 6.04 Å². The lowest BCUT2D eigenvalue weighted by Gasteiger charge is -2.22. The third-order valence-electron chi connectivity index (χ3n) is 2.31. The zero-order chi connectivity index (χ0) is 14.5. The summed E-state index contributed by atoms with van der Waals surface area (Å²) in [6, 6.07) is 5.72. The van der Waals surface area contributed by atoms with Crippen molar-refractivity contribution in [2.24, 2.45) is 0 Å². The van der Waals surface area contributed by atoms with Crippen LogP contribution in [0.5, 0.6) is 0 Å². The van der Waals surface area contributed by atoms with Gasteiger partial charge >= 0.3 is 6.18 Å². The number of hydrogen-bond acceptors (Lipinski definition) is 3. The molecule has 7 heteroatoms. The number of hydrogen-bond donors (Lipinski definition) is 1. The molecular weight excluding hydrogens is 263 g/mol. The predicted octanol–water partition coefficient (Wildman–Crippen LogP) is 0.416. The fourth-order valence-corrected chi connectivity index (χ4v) is 1.44. The zero-order valence-electron chi connectivity index (χ0n) is 9.74. The van der Waals surface area contributed by atoms with Crippen LogP contribution >= 0.6 is 0 Å². The number of carboxylic acids is 1. The van der Waals surface area contributed by atoms with E-state index in [1.54, 1.807) is 35.6 Å². The second-order valence-electron chi connectivity index (χ2n) is 3.90. The predicted molar refractivity (Wildman–Crippen MR) is 57.8 cm³/mol. The normalized spacial score (nSPS) is 12.8. The van der Waals surface area contributed by atoms with Gasteiger partial charge < -0.3 is 15.2 Å². The SMILES string of the molecule is O=C([O-])C[C@H](NC(=O)Cc1ccccc1)C(F)(F)F. The Kier molecular flexibility index (Phi) is 4.91. The summed E-state index contributed by atoms with van der Waals surface area (Å²) in [4.78, 5) is 21.7. The highest BCUT2D eigenvalue weighted by Crippen LogP contribution is 2.22. The molecule has 1 aromatic rings. The van der Waals surface area contributed by atoms with Crippen LogP contribution in [-0.4, -0.2) is 24.1 Å². The van der Waals surface area contributed by atoms with Gasteiger partial charge in [-0.15, -0.1) is 0 Å². The van der Waals surface area contributed by atoms with Crippen LogP contribution in [0.3, 0.4) is 0 Å². The van der Waals surface area contributed by atoms with Gasteiger partial charge in [-0.2, -0.15) is 13.2 Å². The summed E-state index contributed by atoms with van der Waals surface area (Å²) in [6.07, 6.45) is -6.38. The number of carbonyl (C=O) groups excluding carboxylic acids is 2. The first kappa shape index (κ1) is 15.0. The molecule has 19 heavy (non-hydrogen) atoms. The van der Waals surface area contributed by atoms with Crippen LogP contribution in [0.4, 0.5) is 13.2 Å². The van der Waals surface area contributed by atoms with E-state index in [4.69, 9.17) is 0 Å². The Balaban J connectivity index is 2.64. The molecule has 104 valence electrons. The van der Waals surface area contributed by atoms with Crippen molar-refractivity contribution in [3.05, 3.63) is 35.9 Å². The van der Waals surface area contributed by atoms with Gasteiger partial charge in [0.25, 0.3) is 0 Å². The van der Waals surface area contributed by atoms with E-state index in [0.29, 0.717) is 5.56 Å². The zero-order valence-corrected chi connectivity index (χ0v) is 9.74. The average molecular weight is 274 g/mol. The molecule has 1 rings (SSSR count). The molecule has 0 unspecified atom stereocenters. The molecule has 0 saturated heterocycles. The summed E-state index contributed by atoms with van der Waals surface area (Å²) in [5.74, 6) is -2.77. The summed E-state index contributed by atoms with van der Waals surface area (Å²) in [5.41, 5.74) is 0.536. The van der Waals surface area contributed by atoms with Gasteiger partial charge in [-0.3, -0.25) is 4.79 Å². The topological polar surface area (TPSA) is 69.2 Å². The van der Waals surface area contributed by atoms with Gasteiger partial charge in [0.15, 0.2) is 0 Å². The molecular formula is C12H11F3NO3-. The van der Waals surface area contributed by atoms with Crippen LogP contribution in [0.15, 0.2) is 30.3 Å². The molecule has 1 amide bonds. The quantitative estimate of drug-likeness (QED) is 0.845. The van der Waals surface area contributed by atoms with Gasteiger partial charge in [-0.1, -0.05) is 30.3 Å². The highest BCUT2D eigenvalue weighted by molar-refractivity contribution is 5.79. The van der Waals surface area contributed by atoms with E-state index in [2.05, 4.69) is 0 Å². The first-order valence-electron chi connectivity index (χ1n) is 5.39. The van der Waals surface area contributed by atoms with Crippen molar-refractivity contribution >= 4 is 11.9 Å². The molecule has 1 N–H and O–H groups in total. The number of nitrogens with one attached hydrogen (secondary N) is 1. The largest absolute Gasteiger partial charge is 0.550 e. The van der Waals surface area contributed by atoms with Crippen molar-refractivity contribution in [1.82, 2.24) is 5.32 Å². The van der Waals surface area contributed by atoms with Crippen molar-refractivity contribution in [1.29, 1.82) is 0 Å². The molecule has 0 spiro atoms. The standard InChI is InChI=1S/C12H12F3NO3/c13-12(14,15)9(7-11(18)19)16-10(17)6-8-4-2-1-3-5-8/h1-5,9H,6-7H2,(H,16,17)(H,18,19)/p-1/t9-/m0/s1. The third-order valence-corrected chi connectivity index (χ3v) is 2.31. The highest BCUT2D eigenvalue weighted by atomic mass is 19.4.